The summed E-state index contributed by atoms with van der Waals surface area (Å²) < 4.78 is 2.13. The van der Waals surface area contributed by atoms with Gasteiger partial charge in [0.05, 0.1) is 12.4 Å². The molecule has 0 aliphatic heterocycles. The van der Waals surface area contributed by atoms with Crippen molar-refractivity contribution in [1.29, 1.82) is 0 Å². The Hall–Kier alpha value is -1.38. The third kappa shape index (κ3) is 8.15. The Morgan fingerprint density at radius 3 is 2.30 bits per heavy atom. The Bertz CT molecular complexity index is 457. The van der Waals surface area contributed by atoms with E-state index in [1.807, 2.05) is 12.3 Å². The number of rotatable bonds is 13. The summed E-state index contributed by atoms with van der Waals surface area (Å²) in [4.78, 5) is 11.1. The first-order chi connectivity index (χ1) is 11.2. The van der Waals surface area contributed by atoms with Gasteiger partial charge in [-0.25, -0.2) is 4.57 Å². The van der Waals surface area contributed by atoms with Crippen molar-refractivity contribution in [2.24, 2.45) is 0 Å². The molecule has 0 amide bonds. The quantitative estimate of drug-likeness (QED) is 0.413. The molecular formula is C20H33NO2. The summed E-state index contributed by atoms with van der Waals surface area (Å²) in [6.45, 7) is 5.31. The normalized spacial score (nSPS) is 10.9. The number of pyridine rings is 1. The van der Waals surface area contributed by atoms with Crippen LogP contribution in [0.3, 0.4) is 0 Å². The predicted octanol–water partition coefficient (Wildman–Crippen LogP) is 3.36. The second kappa shape index (κ2) is 12.1. The molecule has 0 N–H and O–H groups in total. The fraction of sp³-hybridized carbons (Fsp3) is 0.700. The Morgan fingerprint density at radius 2 is 1.65 bits per heavy atom. The summed E-state index contributed by atoms with van der Waals surface area (Å²) >= 11 is 0. The number of unbranched alkanes of at least 4 members (excludes halogenated alkanes) is 7. The number of aromatic nitrogens is 1. The maximum atomic E-state index is 11.1. The van der Waals surface area contributed by atoms with Crippen molar-refractivity contribution in [2.75, 3.05) is 0 Å². The molecule has 0 bridgehead atoms. The number of nitrogens with zero attached hydrogens (tertiary/aromatic N) is 1. The molecule has 1 aromatic heterocycles. The maximum Gasteiger partial charge on any atom is 0.190 e. The van der Waals surface area contributed by atoms with E-state index in [2.05, 4.69) is 24.5 Å². The average Bonchev–Trinajstić information content (AvgIpc) is 2.53. The van der Waals surface area contributed by atoms with Crippen LogP contribution < -0.4 is 9.67 Å². The maximum absolute atomic E-state index is 11.1. The summed E-state index contributed by atoms with van der Waals surface area (Å²) in [7, 11) is 0. The van der Waals surface area contributed by atoms with E-state index < -0.39 is 5.97 Å². The van der Waals surface area contributed by atoms with Crippen LogP contribution in [0.15, 0.2) is 18.3 Å². The van der Waals surface area contributed by atoms with Gasteiger partial charge in [0.1, 0.15) is 6.54 Å². The lowest BCUT2D eigenvalue weighted by Crippen LogP contribution is -2.42. The fourth-order valence-electron chi connectivity index (χ4n) is 3.03. The first-order valence-electron chi connectivity index (χ1n) is 9.39. The molecule has 0 saturated heterocycles. The van der Waals surface area contributed by atoms with Crippen LogP contribution in [0.2, 0.25) is 0 Å². The van der Waals surface area contributed by atoms with Gasteiger partial charge >= 0.3 is 0 Å². The standard InChI is InChI=1S/C20H33NO2/c1-3-5-7-8-9-10-11-15-21-16-12-14-18(13-6-4-2)19(21)17-20(22)23/h12,14,16H,3-11,13,15,17H2,1-2H3. The lowest BCUT2D eigenvalue weighted by molar-refractivity contribution is -0.704. The van der Waals surface area contributed by atoms with Crippen LogP contribution in [0.4, 0.5) is 0 Å². The molecule has 3 nitrogen and oxygen atoms in total. The number of aryl methyl sites for hydroxylation is 2. The number of aliphatic carboxylic acids is 1. The van der Waals surface area contributed by atoms with Gasteiger partial charge in [-0.3, -0.25) is 0 Å². The highest BCUT2D eigenvalue weighted by Crippen LogP contribution is 2.11. The van der Waals surface area contributed by atoms with Gasteiger partial charge < -0.3 is 9.90 Å². The van der Waals surface area contributed by atoms with Crippen LogP contribution in [0.5, 0.6) is 0 Å². The lowest BCUT2D eigenvalue weighted by Gasteiger charge is -2.10. The summed E-state index contributed by atoms with van der Waals surface area (Å²) in [6, 6.07) is 4.11. The number of carboxylic acid groups (broad SMARTS) is 1. The van der Waals surface area contributed by atoms with E-state index in [0.717, 1.165) is 37.9 Å². The smallest absolute Gasteiger partial charge is 0.190 e. The molecule has 0 aliphatic carbocycles. The van der Waals surface area contributed by atoms with E-state index in [9.17, 15) is 9.90 Å². The van der Waals surface area contributed by atoms with Gasteiger partial charge in [0, 0.05) is 18.1 Å². The third-order valence-electron chi connectivity index (χ3n) is 4.39. The average molecular weight is 319 g/mol. The predicted molar refractivity (Wildman–Crippen MR) is 92.0 cm³/mol. The van der Waals surface area contributed by atoms with Gasteiger partial charge in [0.15, 0.2) is 11.9 Å². The van der Waals surface area contributed by atoms with Crippen molar-refractivity contribution in [3.63, 3.8) is 0 Å². The number of carbonyl (C=O) groups is 1. The lowest BCUT2D eigenvalue weighted by atomic mass is 10.0. The van der Waals surface area contributed by atoms with Crippen LogP contribution in [0.1, 0.15) is 82.9 Å². The molecule has 0 radical (unpaired) electrons. The van der Waals surface area contributed by atoms with Gasteiger partial charge in [0.2, 0.25) is 0 Å². The zero-order valence-electron chi connectivity index (χ0n) is 15.0. The van der Waals surface area contributed by atoms with E-state index in [0.29, 0.717) is 0 Å². The van der Waals surface area contributed by atoms with Crippen molar-refractivity contribution in [2.45, 2.75) is 91.0 Å². The first-order valence-corrected chi connectivity index (χ1v) is 9.39. The van der Waals surface area contributed by atoms with Crippen LogP contribution in [-0.4, -0.2) is 5.97 Å². The molecule has 3 heteroatoms. The molecule has 0 aromatic carbocycles. The van der Waals surface area contributed by atoms with Gasteiger partial charge in [-0.15, -0.1) is 0 Å². The Balaban J connectivity index is 2.56. The molecule has 1 rings (SSSR count). The van der Waals surface area contributed by atoms with Crippen LogP contribution in [-0.2, 0) is 24.2 Å². The third-order valence-corrected chi connectivity index (χ3v) is 4.39. The first kappa shape index (κ1) is 19.7. The molecule has 130 valence electrons. The number of carboxylic acids is 1. The second-order valence-electron chi connectivity index (χ2n) is 6.45. The topological polar surface area (TPSA) is 44.0 Å². The zero-order chi connectivity index (χ0) is 16.9. The van der Waals surface area contributed by atoms with Gasteiger partial charge in [-0.05, 0) is 25.3 Å². The van der Waals surface area contributed by atoms with Crippen LogP contribution >= 0.6 is 0 Å². The van der Waals surface area contributed by atoms with Crippen molar-refractivity contribution in [3.8, 4) is 0 Å². The highest BCUT2D eigenvalue weighted by molar-refractivity contribution is 5.67. The van der Waals surface area contributed by atoms with Crippen LogP contribution in [0, 0.1) is 0 Å². The zero-order valence-corrected chi connectivity index (χ0v) is 15.0. The summed E-state index contributed by atoms with van der Waals surface area (Å²) in [5.41, 5.74) is 2.11. The van der Waals surface area contributed by atoms with Gasteiger partial charge in [-0.2, -0.15) is 0 Å². The Labute approximate surface area is 141 Å². The molecule has 0 aliphatic rings. The fourth-order valence-corrected chi connectivity index (χ4v) is 3.03. The monoisotopic (exact) mass is 319 g/mol. The second-order valence-corrected chi connectivity index (χ2v) is 6.45. The molecule has 23 heavy (non-hydrogen) atoms. The van der Waals surface area contributed by atoms with Crippen LogP contribution in [0.25, 0.3) is 0 Å². The molecule has 0 unspecified atom stereocenters. The molecule has 0 saturated carbocycles. The molecule has 0 fully saturated rings. The number of hydrogen-bond acceptors (Lipinski definition) is 2. The minimum absolute atomic E-state index is 0.0242. The number of hydrogen-bond donors (Lipinski definition) is 0. The van der Waals surface area contributed by atoms with Gasteiger partial charge in [-0.1, -0.05) is 52.4 Å². The van der Waals surface area contributed by atoms with Crippen molar-refractivity contribution < 1.29 is 14.5 Å². The van der Waals surface area contributed by atoms with Crippen molar-refractivity contribution in [3.05, 3.63) is 29.6 Å². The molecule has 1 aromatic rings. The molecular weight excluding hydrogens is 286 g/mol. The molecule has 0 spiro atoms. The van der Waals surface area contributed by atoms with E-state index in [4.69, 9.17) is 0 Å². The Morgan fingerprint density at radius 1 is 1.00 bits per heavy atom. The number of carbonyl (C=O) groups excluding carboxylic acids is 1. The summed E-state index contributed by atoms with van der Waals surface area (Å²) in [5.74, 6) is -0.984. The molecule has 0 atom stereocenters. The largest absolute Gasteiger partial charge is 0.550 e. The Kier molecular flexibility index (Phi) is 10.3. The van der Waals surface area contributed by atoms with Gasteiger partial charge in [0.25, 0.3) is 0 Å². The van der Waals surface area contributed by atoms with E-state index in [-0.39, 0.29) is 6.42 Å². The van der Waals surface area contributed by atoms with Crippen molar-refractivity contribution in [1.82, 2.24) is 0 Å². The van der Waals surface area contributed by atoms with E-state index >= 15 is 0 Å². The van der Waals surface area contributed by atoms with Crippen molar-refractivity contribution >= 4 is 5.97 Å². The van der Waals surface area contributed by atoms with E-state index in [1.165, 1.54) is 44.1 Å². The van der Waals surface area contributed by atoms with E-state index in [1.54, 1.807) is 0 Å². The SMILES string of the molecule is CCCCCCCCC[n+]1cccc(CCCC)c1CC(=O)[O-]. The minimum atomic E-state index is -0.984. The highest BCUT2D eigenvalue weighted by Gasteiger charge is 2.15. The summed E-state index contributed by atoms with van der Waals surface area (Å²) in [5, 5.41) is 11.1. The minimum Gasteiger partial charge on any atom is -0.550 e. The molecule has 1 heterocycles. The highest BCUT2D eigenvalue weighted by atomic mass is 16.4. The summed E-state index contributed by atoms with van der Waals surface area (Å²) in [6.07, 6.45) is 14.1.